The first kappa shape index (κ1) is 17.6. The summed E-state index contributed by atoms with van der Waals surface area (Å²) in [5, 5.41) is 4.02. The van der Waals surface area contributed by atoms with Gasteiger partial charge < -0.3 is 9.13 Å². The number of hydrogen-bond acceptors (Lipinski definition) is 0. The number of nitrogens with zero attached hydrogens (tertiary/aromatic N) is 2. The second-order valence-corrected chi connectivity index (χ2v) is 8.51. The number of para-hydroxylation sites is 3. The molecule has 0 bridgehead atoms. The standard InChI is InChI=1S/C30H22N2/c1-3-11-21(12-4-1)31-25-17-9-7-15-23(25)29-27(31)19-20-28-30(29)24-16-8-10-18-26(24)32(28)22-13-5-2-6-14-22/h1-9,11-17,19-20H,10,18H2. The largest absolute Gasteiger partial charge is 0.313 e. The molecule has 0 atom stereocenters. The maximum absolute atomic E-state index is 2.47. The van der Waals surface area contributed by atoms with Crippen molar-refractivity contribution in [2.75, 3.05) is 0 Å². The van der Waals surface area contributed by atoms with E-state index in [0.717, 1.165) is 12.8 Å². The van der Waals surface area contributed by atoms with E-state index in [9.17, 15) is 0 Å². The van der Waals surface area contributed by atoms with Gasteiger partial charge in [0.05, 0.1) is 16.6 Å². The van der Waals surface area contributed by atoms with Gasteiger partial charge in [0.2, 0.25) is 0 Å². The topological polar surface area (TPSA) is 9.86 Å². The highest BCUT2D eigenvalue weighted by Crippen LogP contribution is 2.42. The average molecular weight is 411 g/mol. The van der Waals surface area contributed by atoms with Gasteiger partial charge in [0.1, 0.15) is 0 Å². The summed E-state index contributed by atoms with van der Waals surface area (Å²) in [6.07, 6.45) is 6.82. The van der Waals surface area contributed by atoms with Gasteiger partial charge in [0.25, 0.3) is 0 Å². The Labute approximate surface area is 186 Å². The van der Waals surface area contributed by atoms with Gasteiger partial charge in [-0.1, -0.05) is 66.7 Å². The number of benzene rings is 4. The van der Waals surface area contributed by atoms with Crippen molar-refractivity contribution in [1.82, 2.24) is 9.13 Å². The Morgan fingerprint density at radius 3 is 1.91 bits per heavy atom. The first-order valence-corrected chi connectivity index (χ1v) is 11.3. The van der Waals surface area contributed by atoms with Crippen molar-refractivity contribution in [1.29, 1.82) is 0 Å². The zero-order valence-corrected chi connectivity index (χ0v) is 17.7. The lowest BCUT2D eigenvalue weighted by Crippen LogP contribution is -2.02. The second kappa shape index (κ2) is 6.73. The Morgan fingerprint density at radius 1 is 0.531 bits per heavy atom. The van der Waals surface area contributed by atoms with Gasteiger partial charge in [-0.2, -0.15) is 0 Å². The summed E-state index contributed by atoms with van der Waals surface area (Å²) < 4.78 is 4.88. The summed E-state index contributed by atoms with van der Waals surface area (Å²) in [6.45, 7) is 0. The molecule has 2 heterocycles. The van der Waals surface area contributed by atoms with E-state index in [1.807, 2.05) is 0 Å². The van der Waals surface area contributed by atoms with Crippen LogP contribution >= 0.6 is 0 Å². The second-order valence-electron chi connectivity index (χ2n) is 8.51. The summed E-state index contributed by atoms with van der Waals surface area (Å²) in [5.74, 6) is 0. The fraction of sp³-hybridized carbons (Fsp3) is 0.0667. The van der Waals surface area contributed by atoms with E-state index in [1.54, 1.807) is 0 Å². The number of fused-ring (bicyclic) bond motifs is 7. The van der Waals surface area contributed by atoms with E-state index in [4.69, 9.17) is 0 Å². The fourth-order valence-corrected chi connectivity index (χ4v) is 5.49. The lowest BCUT2D eigenvalue weighted by molar-refractivity contribution is 0.888. The minimum atomic E-state index is 1.06. The summed E-state index contributed by atoms with van der Waals surface area (Å²) >= 11 is 0. The van der Waals surface area contributed by atoms with Gasteiger partial charge in [-0.15, -0.1) is 0 Å². The molecule has 2 heteroatoms. The third-order valence-electron chi connectivity index (χ3n) is 6.77. The van der Waals surface area contributed by atoms with Gasteiger partial charge >= 0.3 is 0 Å². The van der Waals surface area contributed by atoms with Gasteiger partial charge in [-0.05, 0) is 55.3 Å². The maximum Gasteiger partial charge on any atom is 0.0548 e. The van der Waals surface area contributed by atoms with Gasteiger partial charge in [-0.3, -0.25) is 0 Å². The molecule has 0 radical (unpaired) electrons. The van der Waals surface area contributed by atoms with E-state index >= 15 is 0 Å². The monoisotopic (exact) mass is 410 g/mol. The van der Waals surface area contributed by atoms with Crippen molar-refractivity contribution in [2.24, 2.45) is 0 Å². The molecule has 0 unspecified atom stereocenters. The molecule has 152 valence electrons. The summed E-state index contributed by atoms with van der Waals surface area (Å²) in [6, 6.07) is 34.9. The molecule has 0 saturated heterocycles. The number of allylic oxidation sites excluding steroid dienone is 1. The van der Waals surface area contributed by atoms with E-state index in [-0.39, 0.29) is 0 Å². The van der Waals surface area contributed by atoms with Crippen LogP contribution in [0.5, 0.6) is 0 Å². The Hall–Kier alpha value is -4.04. The fourth-order valence-electron chi connectivity index (χ4n) is 5.49. The highest BCUT2D eigenvalue weighted by Gasteiger charge is 2.23. The third-order valence-corrected chi connectivity index (χ3v) is 6.77. The summed E-state index contributed by atoms with van der Waals surface area (Å²) in [4.78, 5) is 0. The highest BCUT2D eigenvalue weighted by atomic mass is 15.0. The van der Waals surface area contributed by atoms with Crippen molar-refractivity contribution >= 4 is 38.8 Å². The van der Waals surface area contributed by atoms with Crippen LogP contribution in [0, 0.1) is 0 Å². The number of aromatic nitrogens is 2. The molecule has 0 fully saturated rings. The molecule has 0 amide bonds. The van der Waals surface area contributed by atoms with Crippen LogP contribution in [0.2, 0.25) is 0 Å². The van der Waals surface area contributed by atoms with Gasteiger partial charge in [0, 0.05) is 38.8 Å². The molecule has 4 aromatic carbocycles. The van der Waals surface area contributed by atoms with Crippen molar-refractivity contribution < 1.29 is 0 Å². The van der Waals surface area contributed by atoms with Crippen LogP contribution in [-0.4, -0.2) is 9.13 Å². The first-order valence-electron chi connectivity index (χ1n) is 11.3. The van der Waals surface area contributed by atoms with E-state index in [1.165, 1.54) is 55.3 Å². The molecule has 0 N–H and O–H groups in total. The van der Waals surface area contributed by atoms with Crippen LogP contribution in [-0.2, 0) is 6.42 Å². The lowest BCUT2D eigenvalue weighted by Gasteiger charge is -2.13. The Kier molecular flexibility index (Phi) is 3.71. The van der Waals surface area contributed by atoms with Gasteiger partial charge in [-0.25, -0.2) is 0 Å². The van der Waals surface area contributed by atoms with Crippen molar-refractivity contribution in [3.63, 3.8) is 0 Å². The predicted molar refractivity (Wildman–Crippen MR) is 135 cm³/mol. The molecular formula is C30H22N2. The Bertz CT molecular complexity index is 1650. The average Bonchev–Trinajstić information content (AvgIpc) is 3.38. The predicted octanol–water partition coefficient (Wildman–Crippen LogP) is 7.69. The summed E-state index contributed by atoms with van der Waals surface area (Å²) in [7, 11) is 0. The smallest absolute Gasteiger partial charge is 0.0548 e. The maximum atomic E-state index is 2.47. The number of hydrogen-bond donors (Lipinski definition) is 0. The van der Waals surface area contributed by atoms with Crippen LogP contribution in [0.1, 0.15) is 17.7 Å². The zero-order valence-electron chi connectivity index (χ0n) is 17.7. The molecule has 7 rings (SSSR count). The minimum absolute atomic E-state index is 1.06. The first-order chi connectivity index (χ1) is 15.9. The van der Waals surface area contributed by atoms with E-state index in [2.05, 4.69) is 118 Å². The van der Waals surface area contributed by atoms with Crippen molar-refractivity contribution in [2.45, 2.75) is 12.8 Å². The Balaban J connectivity index is 1.71. The zero-order chi connectivity index (χ0) is 21.1. The van der Waals surface area contributed by atoms with Crippen LogP contribution in [0.15, 0.2) is 103 Å². The Morgan fingerprint density at radius 2 is 1.16 bits per heavy atom. The third kappa shape index (κ3) is 2.35. The van der Waals surface area contributed by atoms with Crippen LogP contribution in [0.25, 0.3) is 50.2 Å². The lowest BCUT2D eigenvalue weighted by atomic mass is 9.99. The molecular weight excluding hydrogens is 388 g/mol. The van der Waals surface area contributed by atoms with Crippen molar-refractivity contribution in [3.8, 4) is 11.4 Å². The van der Waals surface area contributed by atoms with Gasteiger partial charge in [0.15, 0.2) is 0 Å². The molecule has 0 aliphatic heterocycles. The van der Waals surface area contributed by atoms with E-state index < -0.39 is 0 Å². The molecule has 0 saturated carbocycles. The summed E-state index contributed by atoms with van der Waals surface area (Å²) in [5.41, 5.74) is 9.02. The quantitative estimate of drug-likeness (QED) is 0.277. The van der Waals surface area contributed by atoms with E-state index in [0.29, 0.717) is 0 Å². The molecule has 0 spiro atoms. The molecule has 1 aliphatic rings. The number of rotatable bonds is 2. The highest BCUT2D eigenvalue weighted by molar-refractivity contribution is 6.23. The van der Waals surface area contributed by atoms with Crippen LogP contribution < -0.4 is 0 Å². The SMILES string of the molecule is C1=Cc2c(n(-c3ccccc3)c3ccc4c(c5ccccc5n4-c4ccccc4)c23)CC1. The molecule has 32 heavy (non-hydrogen) atoms. The molecule has 1 aliphatic carbocycles. The molecule has 2 nitrogen and oxygen atoms in total. The minimum Gasteiger partial charge on any atom is -0.313 e. The molecule has 6 aromatic rings. The van der Waals surface area contributed by atoms with Crippen molar-refractivity contribution in [3.05, 3.63) is 114 Å². The van der Waals surface area contributed by atoms with Crippen LogP contribution in [0.4, 0.5) is 0 Å². The van der Waals surface area contributed by atoms with Crippen LogP contribution in [0.3, 0.4) is 0 Å². The molecule has 2 aromatic heterocycles. The normalized spacial score (nSPS) is 13.2.